The number of rotatable bonds is 5. The van der Waals surface area contributed by atoms with Crippen LogP contribution in [0.15, 0.2) is 35.0 Å². The first-order valence-electron chi connectivity index (χ1n) is 6.89. The van der Waals surface area contributed by atoms with Crippen LogP contribution in [-0.2, 0) is 4.79 Å². The van der Waals surface area contributed by atoms with Crippen LogP contribution in [0, 0.1) is 6.92 Å². The molecule has 0 aliphatic heterocycles. The number of anilines is 1. The minimum Gasteiger partial charge on any atom is -0.479 e. The average molecular weight is 314 g/mol. The monoisotopic (exact) mass is 314 g/mol. The predicted octanol–water partition coefficient (Wildman–Crippen LogP) is 1.45. The van der Waals surface area contributed by atoms with Crippen molar-refractivity contribution in [3.8, 4) is 11.4 Å². The summed E-state index contributed by atoms with van der Waals surface area (Å²) in [5.41, 5.74) is 0.754. The predicted molar refractivity (Wildman–Crippen MR) is 81.9 cm³/mol. The Bertz CT molecular complexity index is 862. The summed E-state index contributed by atoms with van der Waals surface area (Å²) in [5, 5.41) is 26.5. The number of hydrogen-bond acceptors (Lipinski definition) is 7. The van der Waals surface area contributed by atoms with Crippen LogP contribution in [0.1, 0.15) is 5.89 Å². The molecule has 0 radical (unpaired) electrons. The molecule has 0 spiro atoms. The van der Waals surface area contributed by atoms with E-state index in [2.05, 4.69) is 20.4 Å². The van der Waals surface area contributed by atoms with Crippen LogP contribution in [0.3, 0.4) is 0 Å². The van der Waals surface area contributed by atoms with Gasteiger partial charge < -0.3 is 20.1 Å². The Labute approximate surface area is 130 Å². The molecular formula is C15H14N4O4. The van der Waals surface area contributed by atoms with Gasteiger partial charge in [0, 0.05) is 24.1 Å². The largest absolute Gasteiger partial charge is 0.479 e. The standard InChI is InChI=1S/C15H14N4O4/c1-8-18-13(19-23-8)10-3-2-9-4-5-16-14(11(9)6-10)17-7-12(20)15(21)22/h2-6,12,20H,7H2,1H3,(H,16,17)(H,21,22)/t12-/m0/s1. The summed E-state index contributed by atoms with van der Waals surface area (Å²) >= 11 is 0. The number of carboxylic acid groups (broad SMARTS) is 1. The molecule has 0 saturated carbocycles. The first-order chi connectivity index (χ1) is 11.0. The molecule has 0 bridgehead atoms. The summed E-state index contributed by atoms with van der Waals surface area (Å²) in [6, 6.07) is 7.42. The normalized spacial score (nSPS) is 12.3. The van der Waals surface area contributed by atoms with Gasteiger partial charge in [0.05, 0.1) is 6.54 Å². The van der Waals surface area contributed by atoms with Crippen LogP contribution >= 0.6 is 0 Å². The number of fused-ring (bicyclic) bond motifs is 1. The fraction of sp³-hybridized carbons (Fsp3) is 0.200. The van der Waals surface area contributed by atoms with Gasteiger partial charge in [0.1, 0.15) is 5.82 Å². The molecule has 0 unspecified atom stereocenters. The molecule has 23 heavy (non-hydrogen) atoms. The van der Waals surface area contributed by atoms with Gasteiger partial charge in [-0.15, -0.1) is 0 Å². The van der Waals surface area contributed by atoms with Crippen LogP contribution in [0.2, 0.25) is 0 Å². The summed E-state index contributed by atoms with van der Waals surface area (Å²) in [6.07, 6.45) is 0.103. The molecular weight excluding hydrogens is 300 g/mol. The van der Waals surface area contributed by atoms with E-state index in [1.807, 2.05) is 24.3 Å². The molecule has 0 aliphatic rings. The molecule has 2 heterocycles. The van der Waals surface area contributed by atoms with E-state index in [1.165, 1.54) is 0 Å². The lowest BCUT2D eigenvalue weighted by Crippen LogP contribution is -2.28. The molecule has 0 aliphatic carbocycles. The number of aliphatic hydroxyl groups excluding tert-OH is 1. The number of aryl methyl sites for hydroxylation is 1. The van der Waals surface area contributed by atoms with Crippen molar-refractivity contribution in [3.05, 3.63) is 36.4 Å². The van der Waals surface area contributed by atoms with Gasteiger partial charge in [0.15, 0.2) is 6.10 Å². The maximum absolute atomic E-state index is 10.7. The molecule has 0 saturated heterocycles. The van der Waals surface area contributed by atoms with Crippen molar-refractivity contribution in [2.45, 2.75) is 13.0 Å². The lowest BCUT2D eigenvalue weighted by Gasteiger charge is -2.11. The van der Waals surface area contributed by atoms with Gasteiger partial charge in [-0.05, 0) is 17.5 Å². The summed E-state index contributed by atoms with van der Waals surface area (Å²) in [7, 11) is 0. The van der Waals surface area contributed by atoms with Gasteiger partial charge in [-0.3, -0.25) is 0 Å². The highest BCUT2D eigenvalue weighted by atomic mass is 16.5. The maximum atomic E-state index is 10.7. The van der Waals surface area contributed by atoms with E-state index in [9.17, 15) is 9.90 Å². The first kappa shape index (κ1) is 14.9. The van der Waals surface area contributed by atoms with Crippen molar-refractivity contribution in [2.24, 2.45) is 0 Å². The second-order valence-corrected chi connectivity index (χ2v) is 4.97. The van der Waals surface area contributed by atoms with Crippen LogP contribution in [0.25, 0.3) is 22.2 Å². The van der Waals surface area contributed by atoms with E-state index in [1.54, 1.807) is 13.1 Å². The van der Waals surface area contributed by atoms with Crippen molar-refractivity contribution < 1.29 is 19.5 Å². The molecule has 118 valence electrons. The number of carboxylic acids is 1. The second-order valence-electron chi connectivity index (χ2n) is 4.97. The molecule has 8 nitrogen and oxygen atoms in total. The van der Waals surface area contributed by atoms with Gasteiger partial charge in [-0.2, -0.15) is 4.98 Å². The lowest BCUT2D eigenvalue weighted by atomic mass is 10.1. The smallest absolute Gasteiger partial charge is 0.334 e. The SMILES string of the molecule is Cc1nc(-c2ccc3ccnc(NC[C@H](O)C(=O)O)c3c2)no1. The van der Waals surface area contributed by atoms with Crippen LogP contribution in [0.5, 0.6) is 0 Å². The fourth-order valence-corrected chi connectivity index (χ4v) is 2.15. The maximum Gasteiger partial charge on any atom is 0.334 e. The zero-order valence-electron chi connectivity index (χ0n) is 12.2. The number of carbonyl (C=O) groups is 1. The number of nitrogens with one attached hydrogen (secondary N) is 1. The van der Waals surface area contributed by atoms with Gasteiger partial charge in [0.2, 0.25) is 11.7 Å². The minimum absolute atomic E-state index is 0.146. The Balaban J connectivity index is 1.96. The van der Waals surface area contributed by atoms with Crippen molar-refractivity contribution >= 4 is 22.6 Å². The minimum atomic E-state index is -1.50. The van der Waals surface area contributed by atoms with Gasteiger partial charge in [-0.25, -0.2) is 9.78 Å². The number of benzene rings is 1. The van der Waals surface area contributed by atoms with Crippen molar-refractivity contribution in [2.75, 3.05) is 11.9 Å². The Morgan fingerprint density at radius 2 is 2.22 bits per heavy atom. The Morgan fingerprint density at radius 3 is 2.91 bits per heavy atom. The zero-order chi connectivity index (χ0) is 16.4. The highest BCUT2D eigenvalue weighted by Crippen LogP contribution is 2.26. The van der Waals surface area contributed by atoms with Crippen molar-refractivity contribution in [1.82, 2.24) is 15.1 Å². The summed E-state index contributed by atoms with van der Waals surface area (Å²) in [6.45, 7) is 1.56. The molecule has 2 aromatic heterocycles. The Hall–Kier alpha value is -3.00. The lowest BCUT2D eigenvalue weighted by molar-refractivity contribution is -0.145. The molecule has 0 fully saturated rings. The van der Waals surface area contributed by atoms with Gasteiger partial charge in [-0.1, -0.05) is 17.3 Å². The van der Waals surface area contributed by atoms with Crippen LogP contribution < -0.4 is 5.32 Å². The average Bonchev–Trinajstić information content (AvgIpc) is 2.98. The van der Waals surface area contributed by atoms with E-state index in [0.717, 1.165) is 16.3 Å². The number of nitrogens with zero attached hydrogens (tertiary/aromatic N) is 3. The van der Waals surface area contributed by atoms with Crippen LogP contribution in [-0.4, -0.2) is 44.0 Å². The molecule has 1 aromatic carbocycles. The van der Waals surface area contributed by atoms with E-state index in [-0.39, 0.29) is 6.54 Å². The third-order valence-corrected chi connectivity index (χ3v) is 3.30. The third-order valence-electron chi connectivity index (χ3n) is 3.30. The molecule has 3 aromatic rings. The quantitative estimate of drug-likeness (QED) is 0.647. The van der Waals surface area contributed by atoms with Crippen molar-refractivity contribution in [3.63, 3.8) is 0 Å². The van der Waals surface area contributed by atoms with Gasteiger partial charge >= 0.3 is 5.97 Å². The van der Waals surface area contributed by atoms with Gasteiger partial charge in [0.25, 0.3) is 0 Å². The molecule has 8 heteroatoms. The molecule has 3 rings (SSSR count). The van der Waals surface area contributed by atoms with Crippen molar-refractivity contribution in [1.29, 1.82) is 0 Å². The Kier molecular flexibility index (Phi) is 3.90. The summed E-state index contributed by atoms with van der Waals surface area (Å²) in [5.74, 6) is 0.115. The summed E-state index contributed by atoms with van der Waals surface area (Å²) in [4.78, 5) is 19.1. The van der Waals surface area contributed by atoms with E-state index in [0.29, 0.717) is 17.5 Å². The first-order valence-corrected chi connectivity index (χ1v) is 6.89. The number of pyridine rings is 1. The molecule has 3 N–H and O–H groups in total. The van der Waals surface area contributed by atoms with E-state index < -0.39 is 12.1 Å². The second kappa shape index (κ2) is 6.01. The number of aromatic nitrogens is 3. The topological polar surface area (TPSA) is 121 Å². The van der Waals surface area contributed by atoms with E-state index in [4.69, 9.17) is 9.63 Å². The third kappa shape index (κ3) is 3.11. The Morgan fingerprint density at radius 1 is 1.39 bits per heavy atom. The molecule has 0 amide bonds. The van der Waals surface area contributed by atoms with Crippen LogP contribution in [0.4, 0.5) is 5.82 Å². The molecule has 1 atom stereocenters. The number of aliphatic hydroxyl groups is 1. The zero-order valence-corrected chi connectivity index (χ0v) is 12.2. The highest BCUT2D eigenvalue weighted by molar-refractivity contribution is 5.94. The highest BCUT2D eigenvalue weighted by Gasteiger charge is 2.14. The summed E-state index contributed by atoms with van der Waals surface area (Å²) < 4.78 is 4.98. The fourth-order valence-electron chi connectivity index (χ4n) is 2.15. The number of hydrogen-bond donors (Lipinski definition) is 3. The van der Waals surface area contributed by atoms with E-state index >= 15 is 0 Å². The number of aliphatic carboxylic acids is 1.